The summed E-state index contributed by atoms with van der Waals surface area (Å²) in [5.74, 6) is 0.742. The van der Waals surface area contributed by atoms with Gasteiger partial charge in [0, 0.05) is 13.0 Å². The molecule has 0 amide bonds. The molecule has 31 heavy (non-hydrogen) atoms. The molecule has 0 aliphatic carbocycles. The Hall–Kier alpha value is -1.35. The van der Waals surface area contributed by atoms with E-state index in [2.05, 4.69) is 49.5 Å². The predicted octanol–water partition coefficient (Wildman–Crippen LogP) is 7.83. The van der Waals surface area contributed by atoms with E-state index in [1.807, 2.05) is 0 Å². The Morgan fingerprint density at radius 1 is 0.806 bits per heavy atom. The number of carbonyl (C=O) groups excluding carboxylic acids is 1. The maximum absolute atomic E-state index is 12.0. The molecule has 3 nitrogen and oxygen atoms in total. The van der Waals surface area contributed by atoms with Crippen LogP contribution in [0.5, 0.6) is 0 Å². The number of esters is 1. The molecule has 1 aromatic carbocycles. The van der Waals surface area contributed by atoms with Crippen LogP contribution in [0.2, 0.25) is 0 Å². The first-order valence-corrected chi connectivity index (χ1v) is 13.2. The molecule has 0 aliphatic rings. The summed E-state index contributed by atoms with van der Waals surface area (Å²) >= 11 is 0. The van der Waals surface area contributed by atoms with Gasteiger partial charge < -0.3 is 10.1 Å². The van der Waals surface area contributed by atoms with Gasteiger partial charge in [-0.2, -0.15) is 0 Å². The van der Waals surface area contributed by atoms with Crippen LogP contribution in [0.3, 0.4) is 0 Å². The van der Waals surface area contributed by atoms with Crippen LogP contribution in [-0.4, -0.2) is 19.1 Å². The summed E-state index contributed by atoms with van der Waals surface area (Å²) in [5, 5.41) is 3.50. The van der Waals surface area contributed by atoms with Crippen molar-refractivity contribution >= 4 is 5.97 Å². The zero-order valence-corrected chi connectivity index (χ0v) is 20.5. The van der Waals surface area contributed by atoms with Gasteiger partial charge >= 0.3 is 5.97 Å². The minimum Gasteiger partial charge on any atom is -0.466 e. The van der Waals surface area contributed by atoms with Crippen LogP contribution in [0.15, 0.2) is 30.3 Å². The Bertz CT molecular complexity index is 507. The molecule has 0 spiro atoms. The van der Waals surface area contributed by atoms with Gasteiger partial charge in [0.05, 0.1) is 6.61 Å². The highest BCUT2D eigenvalue weighted by atomic mass is 16.5. The molecular formula is C28H49NO2. The van der Waals surface area contributed by atoms with E-state index in [-0.39, 0.29) is 5.97 Å². The smallest absolute Gasteiger partial charge is 0.305 e. The summed E-state index contributed by atoms with van der Waals surface area (Å²) in [5.41, 5.74) is 1.34. The molecule has 0 fully saturated rings. The normalized spacial score (nSPS) is 11.2. The molecule has 0 aromatic heterocycles. The zero-order chi connectivity index (χ0) is 22.4. The summed E-state index contributed by atoms with van der Waals surface area (Å²) in [7, 11) is 0. The molecule has 0 saturated carbocycles. The standard InChI is InChI=1S/C28H49NO2/c1-3-5-11-17-26(18-12-6-4-2)22-24-31-28(30)21-15-8-7-9-16-23-29-25-27-19-13-10-14-20-27/h10,13-14,19-20,26,29H,3-9,11-12,15-18,21-25H2,1-2H3. The van der Waals surface area contributed by atoms with Gasteiger partial charge in [-0.3, -0.25) is 4.79 Å². The van der Waals surface area contributed by atoms with Gasteiger partial charge in [0.15, 0.2) is 0 Å². The first kappa shape index (κ1) is 27.7. The average Bonchev–Trinajstić information content (AvgIpc) is 2.78. The highest BCUT2D eigenvalue weighted by molar-refractivity contribution is 5.69. The highest BCUT2D eigenvalue weighted by Gasteiger charge is 2.10. The third kappa shape index (κ3) is 16.9. The fourth-order valence-electron chi connectivity index (χ4n) is 4.09. The Labute approximate surface area is 192 Å². The molecule has 1 N–H and O–H groups in total. The molecule has 0 saturated heterocycles. The SMILES string of the molecule is CCCCCC(CCCCC)CCOC(=O)CCCCCCCNCc1ccccc1. The lowest BCUT2D eigenvalue weighted by atomic mass is 9.92. The quantitative estimate of drug-likeness (QED) is 0.159. The first-order chi connectivity index (χ1) is 15.3. The molecule has 1 rings (SSSR count). The fraction of sp³-hybridized carbons (Fsp3) is 0.750. The lowest BCUT2D eigenvalue weighted by molar-refractivity contribution is -0.144. The number of rotatable bonds is 21. The maximum atomic E-state index is 12.0. The van der Waals surface area contributed by atoms with Crippen molar-refractivity contribution in [1.82, 2.24) is 5.32 Å². The van der Waals surface area contributed by atoms with Gasteiger partial charge in [-0.15, -0.1) is 0 Å². The first-order valence-electron chi connectivity index (χ1n) is 13.2. The topological polar surface area (TPSA) is 38.3 Å². The highest BCUT2D eigenvalue weighted by Crippen LogP contribution is 2.21. The number of carbonyl (C=O) groups is 1. The van der Waals surface area contributed by atoms with Gasteiger partial charge in [-0.05, 0) is 37.3 Å². The number of nitrogens with one attached hydrogen (secondary N) is 1. The number of ether oxygens (including phenoxy) is 1. The third-order valence-electron chi connectivity index (χ3n) is 6.13. The average molecular weight is 432 g/mol. The molecule has 0 heterocycles. The second-order valence-electron chi connectivity index (χ2n) is 9.05. The Balaban J connectivity index is 1.96. The summed E-state index contributed by atoms with van der Waals surface area (Å²) in [6.45, 7) is 7.15. The van der Waals surface area contributed by atoms with Gasteiger partial charge in [0.25, 0.3) is 0 Å². The van der Waals surface area contributed by atoms with Crippen molar-refractivity contribution in [3.63, 3.8) is 0 Å². The summed E-state index contributed by atoms with van der Waals surface area (Å²) in [6, 6.07) is 10.5. The van der Waals surface area contributed by atoms with Crippen molar-refractivity contribution < 1.29 is 9.53 Å². The molecule has 178 valence electrons. The molecule has 0 aliphatic heterocycles. The zero-order valence-electron chi connectivity index (χ0n) is 20.5. The van der Waals surface area contributed by atoms with Crippen molar-refractivity contribution in [2.24, 2.45) is 5.92 Å². The lowest BCUT2D eigenvalue weighted by Gasteiger charge is -2.16. The predicted molar refractivity (Wildman–Crippen MR) is 133 cm³/mol. The van der Waals surface area contributed by atoms with Crippen molar-refractivity contribution in [3.05, 3.63) is 35.9 Å². The monoisotopic (exact) mass is 431 g/mol. The van der Waals surface area contributed by atoms with E-state index in [4.69, 9.17) is 4.74 Å². The van der Waals surface area contributed by atoms with E-state index >= 15 is 0 Å². The van der Waals surface area contributed by atoms with E-state index in [9.17, 15) is 4.79 Å². The van der Waals surface area contributed by atoms with Crippen molar-refractivity contribution in [2.75, 3.05) is 13.2 Å². The van der Waals surface area contributed by atoms with Crippen LogP contribution < -0.4 is 5.32 Å². The lowest BCUT2D eigenvalue weighted by Crippen LogP contribution is -2.14. The second-order valence-corrected chi connectivity index (χ2v) is 9.05. The Morgan fingerprint density at radius 2 is 1.45 bits per heavy atom. The van der Waals surface area contributed by atoms with Crippen LogP contribution in [0.1, 0.15) is 116 Å². The van der Waals surface area contributed by atoms with Crippen LogP contribution >= 0.6 is 0 Å². The number of hydrogen-bond donors (Lipinski definition) is 1. The molecule has 1 aromatic rings. The summed E-state index contributed by atoms with van der Waals surface area (Å²) < 4.78 is 5.54. The Kier molecular flexibility index (Phi) is 18.3. The van der Waals surface area contributed by atoms with E-state index < -0.39 is 0 Å². The van der Waals surface area contributed by atoms with Crippen molar-refractivity contribution in [1.29, 1.82) is 0 Å². The van der Waals surface area contributed by atoms with E-state index in [0.29, 0.717) is 13.0 Å². The van der Waals surface area contributed by atoms with Gasteiger partial charge in [0.2, 0.25) is 0 Å². The fourth-order valence-corrected chi connectivity index (χ4v) is 4.09. The number of hydrogen-bond acceptors (Lipinski definition) is 3. The van der Waals surface area contributed by atoms with E-state index in [1.165, 1.54) is 76.2 Å². The summed E-state index contributed by atoms with van der Waals surface area (Å²) in [6.07, 6.45) is 17.8. The largest absolute Gasteiger partial charge is 0.466 e. The van der Waals surface area contributed by atoms with Gasteiger partial charge in [-0.1, -0.05) is 115 Å². The number of unbranched alkanes of at least 4 members (excludes halogenated alkanes) is 8. The maximum Gasteiger partial charge on any atom is 0.305 e. The minimum atomic E-state index is 0.00499. The summed E-state index contributed by atoms with van der Waals surface area (Å²) in [4.78, 5) is 12.0. The molecule has 0 atom stereocenters. The molecule has 0 radical (unpaired) electrons. The van der Waals surface area contributed by atoms with Crippen LogP contribution in [0.25, 0.3) is 0 Å². The third-order valence-corrected chi connectivity index (χ3v) is 6.13. The number of benzene rings is 1. The minimum absolute atomic E-state index is 0.00499. The van der Waals surface area contributed by atoms with Crippen LogP contribution in [0, 0.1) is 5.92 Å². The molecule has 0 bridgehead atoms. The van der Waals surface area contributed by atoms with Gasteiger partial charge in [0.1, 0.15) is 0 Å². The Morgan fingerprint density at radius 3 is 2.13 bits per heavy atom. The molecule has 0 unspecified atom stereocenters. The van der Waals surface area contributed by atoms with Crippen LogP contribution in [0.4, 0.5) is 0 Å². The van der Waals surface area contributed by atoms with E-state index in [1.54, 1.807) is 0 Å². The molecular weight excluding hydrogens is 382 g/mol. The van der Waals surface area contributed by atoms with Crippen molar-refractivity contribution in [3.8, 4) is 0 Å². The van der Waals surface area contributed by atoms with Gasteiger partial charge in [-0.25, -0.2) is 0 Å². The van der Waals surface area contributed by atoms with Crippen LogP contribution in [-0.2, 0) is 16.1 Å². The molecule has 3 heteroatoms. The van der Waals surface area contributed by atoms with E-state index in [0.717, 1.165) is 38.3 Å². The van der Waals surface area contributed by atoms with Crippen molar-refractivity contribution in [2.45, 2.75) is 117 Å². The second kappa shape index (κ2) is 20.5.